The first-order valence-corrected chi connectivity index (χ1v) is 4.81. The first-order chi connectivity index (χ1) is 4.69. The van der Waals surface area contributed by atoms with Crippen LogP contribution in [0.2, 0.25) is 0 Å². The lowest BCUT2D eigenvalue weighted by Gasteiger charge is -2.16. The Morgan fingerprint density at radius 2 is 2.50 bits per heavy atom. The summed E-state index contributed by atoms with van der Waals surface area (Å²) in [7, 11) is 1.43. The van der Waals surface area contributed by atoms with Crippen molar-refractivity contribution in [3.05, 3.63) is 5.08 Å². The van der Waals surface area contributed by atoms with E-state index >= 15 is 0 Å². The molecule has 2 nitrogen and oxygen atoms in total. The van der Waals surface area contributed by atoms with Crippen molar-refractivity contribution in [3.63, 3.8) is 0 Å². The van der Waals surface area contributed by atoms with Crippen LogP contribution in [0.25, 0.3) is 0 Å². The summed E-state index contributed by atoms with van der Waals surface area (Å²) in [6.07, 6.45) is 0. The summed E-state index contributed by atoms with van der Waals surface area (Å²) in [4.78, 5) is 11.1. The quantitative estimate of drug-likeness (QED) is 0.567. The lowest BCUT2D eigenvalue weighted by molar-refractivity contribution is -0.142. The minimum absolute atomic E-state index is 0.126. The topological polar surface area (TPSA) is 26.3 Å². The molecule has 1 aliphatic rings. The molecule has 1 fully saturated rings. The van der Waals surface area contributed by atoms with Crippen molar-refractivity contribution in [3.8, 4) is 0 Å². The maximum Gasteiger partial charge on any atom is 0.322 e. The van der Waals surface area contributed by atoms with Crippen LogP contribution in [0, 0.1) is 5.08 Å². The lowest BCUT2D eigenvalue weighted by Crippen LogP contribution is -2.32. The van der Waals surface area contributed by atoms with Crippen LogP contribution < -0.4 is 0 Å². The minimum Gasteiger partial charge on any atom is -0.468 e. The van der Waals surface area contributed by atoms with E-state index in [2.05, 4.69) is 4.74 Å². The van der Waals surface area contributed by atoms with E-state index in [4.69, 9.17) is 0 Å². The van der Waals surface area contributed by atoms with Crippen molar-refractivity contribution >= 4 is 29.5 Å². The zero-order valence-corrected chi connectivity index (χ0v) is 7.55. The predicted octanol–water partition coefficient (Wildman–Crippen LogP) is 1.52. The molecule has 0 N–H and O–H groups in total. The zero-order valence-electron chi connectivity index (χ0n) is 5.92. The summed E-state index contributed by atoms with van der Waals surface area (Å²) in [6.45, 7) is 1.90. The summed E-state index contributed by atoms with van der Waals surface area (Å²) < 4.78 is 4.31. The molecule has 1 aliphatic heterocycles. The van der Waals surface area contributed by atoms with Gasteiger partial charge in [0.05, 0.1) is 12.2 Å². The Hall–Kier alpha value is 0.170. The molecule has 0 bridgehead atoms. The van der Waals surface area contributed by atoms with Gasteiger partial charge < -0.3 is 4.74 Å². The molecule has 0 amide bonds. The van der Waals surface area contributed by atoms with Gasteiger partial charge in [0.2, 0.25) is 0 Å². The number of hydrogen-bond acceptors (Lipinski definition) is 4. The standard InChI is InChI=1S/C6H9O2S2/c1-6(5(7)8-2)3-9-4-10-6/h4H,3H2,1-2H3. The van der Waals surface area contributed by atoms with Crippen molar-refractivity contribution < 1.29 is 9.53 Å². The van der Waals surface area contributed by atoms with Gasteiger partial charge in [-0.05, 0) is 6.92 Å². The van der Waals surface area contributed by atoms with Crippen molar-refractivity contribution in [2.24, 2.45) is 0 Å². The summed E-state index contributed by atoms with van der Waals surface area (Å²) >= 11 is 3.20. The van der Waals surface area contributed by atoms with E-state index < -0.39 is 0 Å². The molecule has 0 aromatic carbocycles. The average molecular weight is 177 g/mol. The van der Waals surface area contributed by atoms with Gasteiger partial charge in [0.15, 0.2) is 0 Å². The second kappa shape index (κ2) is 3.05. The SMILES string of the molecule is COC(=O)C1(C)CS[CH]S1. The van der Waals surface area contributed by atoms with E-state index in [1.165, 1.54) is 7.11 Å². The van der Waals surface area contributed by atoms with E-state index in [1.807, 2.05) is 12.0 Å². The molecule has 1 heterocycles. The molecule has 0 saturated carbocycles. The van der Waals surface area contributed by atoms with Crippen LogP contribution >= 0.6 is 23.5 Å². The number of carbonyl (C=O) groups is 1. The number of esters is 1. The van der Waals surface area contributed by atoms with Crippen LogP contribution in [-0.4, -0.2) is 23.6 Å². The van der Waals surface area contributed by atoms with Gasteiger partial charge >= 0.3 is 5.97 Å². The van der Waals surface area contributed by atoms with Gasteiger partial charge in [-0.1, -0.05) is 0 Å². The molecule has 0 aromatic rings. The van der Waals surface area contributed by atoms with Gasteiger partial charge in [-0.15, -0.1) is 23.5 Å². The highest BCUT2D eigenvalue weighted by molar-refractivity contribution is 8.23. The highest BCUT2D eigenvalue weighted by Gasteiger charge is 2.39. The molecule has 1 saturated heterocycles. The van der Waals surface area contributed by atoms with E-state index in [9.17, 15) is 4.79 Å². The second-order valence-corrected chi connectivity index (χ2v) is 4.78. The van der Waals surface area contributed by atoms with Crippen molar-refractivity contribution in [1.82, 2.24) is 0 Å². The monoisotopic (exact) mass is 177 g/mol. The van der Waals surface area contributed by atoms with Gasteiger partial charge in [-0.2, -0.15) is 0 Å². The zero-order chi connectivity index (χ0) is 7.61. The Labute approximate surface area is 69.1 Å². The molecule has 1 rings (SSSR count). The fourth-order valence-electron chi connectivity index (χ4n) is 0.690. The molecule has 1 atom stereocenters. The van der Waals surface area contributed by atoms with Crippen LogP contribution in [0.15, 0.2) is 0 Å². The van der Waals surface area contributed by atoms with Crippen LogP contribution in [-0.2, 0) is 9.53 Å². The van der Waals surface area contributed by atoms with Gasteiger partial charge in [0.25, 0.3) is 0 Å². The number of thioether (sulfide) groups is 2. The molecular weight excluding hydrogens is 168 g/mol. The van der Waals surface area contributed by atoms with Gasteiger partial charge in [-0.3, -0.25) is 4.79 Å². The third-order valence-electron chi connectivity index (χ3n) is 1.35. The highest BCUT2D eigenvalue weighted by atomic mass is 32.2. The largest absolute Gasteiger partial charge is 0.468 e. The van der Waals surface area contributed by atoms with Crippen LogP contribution in [0.4, 0.5) is 0 Å². The van der Waals surface area contributed by atoms with Crippen molar-refractivity contribution in [2.45, 2.75) is 11.7 Å². The third kappa shape index (κ3) is 1.42. The van der Waals surface area contributed by atoms with Crippen LogP contribution in [0.1, 0.15) is 6.92 Å². The fourth-order valence-corrected chi connectivity index (χ4v) is 3.18. The number of rotatable bonds is 1. The maximum absolute atomic E-state index is 11.1. The molecule has 1 radical (unpaired) electrons. The van der Waals surface area contributed by atoms with Gasteiger partial charge in [0.1, 0.15) is 4.75 Å². The number of ether oxygens (including phenoxy) is 1. The summed E-state index contributed by atoms with van der Waals surface area (Å²) in [5.74, 6) is 0.698. The Morgan fingerprint density at radius 1 is 1.80 bits per heavy atom. The summed E-state index contributed by atoms with van der Waals surface area (Å²) in [6, 6.07) is 0. The van der Waals surface area contributed by atoms with Gasteiger partial charge in [-0.25, -0.2) is 0 Å². The molecule has 0 aliphatic carbocycles. The molecule has 0 aromatic heterocycles. The predicted molar refractivity (Wildman–Crippen MR) is 44.8 cm³/mol. The normalized spacial score (nSPS) is 32.2. The van der Waals surface area contributed by atoms with Crippen molar-refractivity contribution in [1.29, 1.82) is 0 Å². The number of carbonyl (C=O) groups excluding carboxylic acids is 1. The molecule has 57 valence electrons. The smallest absolute Gasteiger partial charge is 0.322 e. The Morgan fingerprint density at radius 3 is 2.90 bits per heavy atom. The molecular formula is C6H9O2S2. The summed E-state index contributed by atoms with van der Waals surface area (Å²) in [5.41, 5.74) is 0. The Kier molecular flexibility index (Phi) is 2.52. The molecule has 4 heteroatoms. The highest BCUT2D eigenvalue weighted by Crippen LogP contribution is 2.43. The van der Waals surface area contributed by atoms with Crippen molar-refractivity contribution in [2.75, 3.05) is 12.9 Å². The Bertz CT molecular complexity index is 141. The Balaban J connectivity index is 2.58. The first kappa shape index (κ1) is 8.27. The lowest BCUT2D eigenvalue weighted by atomic mass is 10.2. The molecule has 10 heavy (non-hydrogen) atoms. The van der Waals surface area contributed by atoms with E-state index in [0.717, 1.165) is 5.75 Å². The second-order valence-electron chi connectivity index (χ2n) is 2.25. The average Bonchev–Trinajstić information content (AvgIpc) is 2.36. The number of methoxy groups -OCH3 is 1. The van der Waals surface area contributed by atoms with Crippen LogP contribution in [0.3, 0.4) is 0 Å². The third-order valence-corrected chi connectivity index (χ3v) is 4.04. The fraction of sp³-hybridized carbons (Fsp3) is 0.667. The minimum atomic E-state index is -0.334. The van der Waals surface area contributed by atoms with E-state index in [-0.39, 0.29) is 10.7 Å². The van der Waals surface area contributed by atoms with Gasteiger partial charge in [0, 0.05) is 5.75 Å². The first-order valence-electron chi connectivity index (χ1n) is 2.88. The van der Waals surface area contributed by atoms with Crippen LogP contribution in [0.5, 0.6) is 0 Å². The van der Waals surface area contributed by atoms with E-state index in [1.54, 1.807) is 23.5 Å². The molecule has 1 unspecified atom stereocenters. The maximum atomic E-state index is 11.1. The number of hydrogen-bond donors (Lipinski definition) is 0. The van der Waals surface area contributed by atoms with E-state index in [0.29, 0.717) is 0 Å². The summed E-state index contributed by atoms with van der Waals surface area (Å²) in [5, 5.41) is 1.98. The molecule has 0 spiro atoms.